The van der Waals surface area contributed by atoms with Crippen LogP contribution in [0.3, 0.4) is 0 Å². The summed E-state index contributed by atoms with van der Waals surface area (Å²) in [5.41, 5.74) is 6.07. The minimum Gasteiger partial charge on any atom is -0.381 e. The van der Waals surface area contributed by atoms with Crippen LogP contribution in [0.25, 0.3) is 0 Å². The normalized spacial score (nSPS) is 20.7. The molecule has 1 fully saturated rings. The Kier molecular flexibility index (Phi) is 4.40. The fourth-order valence-corrected chi connectivity index (χ4v) is 2.02. The molecular formula is C11H20N2O. The lowest BCUT2D eigenvalue weighted by molar-refractivity contribution is 0.00541. The molecule has 0 unspecified atom stereocenters. The van der Waals surface area contributed by atoms with E-state index in [9.17, 15) is 0 Å². The van der Waals surface area contributed by atoms with Crippen LogP contribution in [0.4, 0.5) is 0 Å². The zero-order valence-electron chi connectivity index (χ0n) is 8.96. The third kappa shape index (κ3) is 2.98. The van der Waals surface area contributed by atoms with Crippen molar-refractivity contribution in [2.75, 3.05) is 39.9 Å². The van der Waals surface area contributed by atoms with Crippen molar-refractivity contribution >= 4 is 0 Å². The Morgan fingerprint density at radius 1 is 1.50 bits per heavy atom. The van der Waals surface area contributed by atoms with Crippen molar-refractivity contribution in [2.24, 2.45) is 11.1 Å². The number of ether oxygens (including phenoxy) is 1. The third-order valence-corrected chi connectivity index (χ3v) is 2.95. The molecule has 1 heterocycles. The van der Waals surface area contributed by atoms with Crippen molar-refractivity contribution in [3.05, 3.63) is 0 Å². The van der Waals surface area contributed by atoms with E-state index in [4.69, 9.17) is 16.9 Å². The molecule has 0 aromatic heterocycles. The summed E-state index contributed by atoms with van der Waals surface area (Å²) in [4.78, 5) is 2.16. The van der Waals surface area contributed by atoms with Gasteiger partial charge >= 0.3 is 0 Å². The van der Waals surface area contributed by atoms with Crippen LogP contribution in [0, 0.1) is 17.8 Å². The van der Waals surface area contributed by atoms with Gasteiger partial charge in [-0.05, 0) is 31.8 Å². The maximum absolute atomic E-state index is 5.85. The first-order valence-electron chi connectivity index (χ1n) is 5.12. The lowest BCUT2D eigenvalue weighted by Gasteiger charge is -2.38. The van der Waals surface area contributed by atoms with E-state index in [0.29, 0.717) is 6.54 Å². The van der Waals surface area contributed by atoms with Gasteiger partial charge < -0.3 is 10.5 Å². The molecule has 0 saturated carbocycles. The predicted molar refractivity (Wildman–Crippen MR) is 57.9 cm³/mol. The van der Waals surface area contributed by atoms with E-state index < -0.39 is 0 Å². The van der Waals surface area contributed by atoms with Gasteiger partial charge in [0.25, 0.3) is 0 Å². The molecule has 0 aromatic rings. The van der Waals surface area contributed by atoms with E-state index in [0.717, 1.165) is 39.1 Å². The number of nitrogens with zero attached hydrogens (tertiary/aromatic N) is 1. The summed E-state index contributed by atoms with van der Waals surface area (Å²) in [6.45, 7) is 4.08. The maximum atomic E-state index is 5.85. The Morgan fingerprint density at radius 3 is 2.64 bits per heavy atom. The first-order chi connectivity index (χ1) is 6.72. The largest absolute Gasteiger partial charge is 0.381 e. The number of nitrogens with two attached hydrogens (primary N) is 1. The van der Waals surface area contributed by atoms with Gasteiger partial charge in [-0.3, -0.25) is 4.90 Å². The van der Waals surface area contributed by atoms with Gasteiger partial charge in [-0.15, -0.1) is 6.42 Å². The molecule has 0 aromatic carbocycles. The molecular weight excluding hydrogens is 176 g/mol. The Balaban J connectivity index is 2.47. The van der Waals surface area contributed by atoms with Crippen LogP contribution >= 0.6 is 0 Å². The van der Waals surface area contributed by atoms with Crippen LogP contribution in [0.1, 0.15) is 12.8 Å². The molecule has 1 saturated heterocycles. The SMILES string of the molecule is C#CCN(C)CC1(CN)CCOCC1. The van der Waals surface area contributed by atoms with E-state index >= 15 is 0 Å². The fourth-order valence-electron chi connectivity index (χ4n) is 2.02. The molecule has 1 rings (SSSR count). The van der Waals surface area contributed by atoms with Crippen LogP contribution < -0.4 is 5.73 Å². The lowest BCUT2D eigenvalue weighted by atomic mass is 9.80. The highest BCUT2D eigenvalue weighted by Gasteiger charge is 2.31. The van der Waals surface area contributed by atoms with E-state index in [2.05, 4.69) is 10.8 Å². The molecule has 0 atom stereocenters. The zero-order chi connectivity index (χ0) is 10.4. The summed E-state index contributed by atoms with van der Waals surface area (Å²) in [6, 6.07) is 0. The van der Waals surface area contributed by atoms with Gasteiger partial charge in [0.15, 0.2) is 0 Å². The van der Waals surface area contributed by atoms with Gasteiger partial charge in [0.1, 0.15) is 0 Å². The summed E-state index contributed by atoms with van der Waals surface area (Å²) in [6.07, 6.45) is 7.38. The highest BCUT2D eigenvalue weighted by Crippen LogP contribution is 2.29. The van der Waals surface area contributed by atoms with Gasteiger partial charge in [-0.25, -0.2) is 0 Å². The molecule has 14 heavy (non-hydrogen) atoms. The van der Waals surface area contributed by atoms with Crippen LogP contribution in [0.15, 0.2) is 0 Å². The van der Waals surface area contributed by atoms with Gasteiger partial charge in [-0.1, -0.05) is 5.92 Å². The van der Waals surface area contributed by atoms with Crippen molar-refractivity contribution in [3.8, 4) is 12.3 Å². The molecule has 0 aliphatic carbocycles. The van der Waals surface area contributed by atoms with Gasteiger partial charge in [-0.2, -0.15) is 0 Å². The first kappa shape index (κ1) is 11.5. The minimum atomic E-state index is 0.226. The molecule has 80 valence electrons. The average Bonchev–Trinajstić information content (AvgIpc) is 2.19. The molecule has 3 nitrogen and oxygen atoms in total. The number of terminal acetylenes is 1. The highest BCUT2D eigenvalue weighted by molar-refractivity contribution is 4.91. The molecule has 0 bridgehead atoms. The Morgan fingerprint density at radius 2 is 2.14 bits per heavy atom. The Labute approximate surface area is 86.6 Å². The maximum Gasteiger partial charge on any atom is 0.0596 e. The van der Waals surface area contributed by atoms with Crippen molar-refractivity contribution in [2.45, 2.75) is 12.8 Å². The zero-order valence-corrected chi connectivity index (χ0v) is 8.96. The van der Waals surface area contributed by atoms with Crippen LogP contribution in [0.5, 0.6) is 0 Å². The van der Waals surface area contributed by atoms with E-state index in [1.165, 1.54) is 0 Å². The number of rotatable bonds is 4. The van der Waals surface area contributed by atoms with Crippen LogP contribution in [0.2, 0.25) is 0 Å². The second kappa shape index (κ2) is 5.35. The van der Waals surface area contributed by atoms with E-state index in [-0.39, 0.29) is 5.41 Å². The fraction of sp³-hybridized carbons (Fsp3) is 0.818. The quantitative estimate of drug-likeness (QED) is 0.658. The van der Waals surface area contributed by atoms with Crippen molar-refractivity contribution in [1.82, 2.24) is 4.90 Å². The molecule has 0 amide bonds. The second-order valence-electron chi connectivity index (χ2n) is 4.19. The summed E-state index contributed by atoms with van der Waals surface area (Å²) < 4.78 is 5.35. The van der Waals surface area contributed by atoms with Gasteiger partial charge in [0.2, 0.25) is 0 Å². The average molecular weight is 196 g/mol. The number of hydrogen-bond acceptors (Lipinski definition) is 3. The van der Waals surface area contributed by atoms with E-state index in [1.807, 2.05) is 7.05 Å². The standard InChI is InChI=1S/C11H20N2O/c1-3-6-13(2)10-11(9-12)4-7-14-8-5-11/h1H,4-10,12H2,2H3. The second-order valence-corrected chi connectivity index (χ2v) is 4.19. The van der Waals surface area contributed by atoms with Gasteiger partial charge in [0.05, 0.1) is 6.54 Å². The smallest absolute Gasteiger partial charge is 0.0596 e. The lowest BCUT2D eigenvalue weighted by Crippen LogP contribution is -2.45. The monoisotopic (exact) mass is 196 g/mol. The minimum absolute atomic E-state index is 0.226. The molecule has 2 N–H and O–H groups in total. The Bertz CT molecular complexity index is 204. The van der Waals surface area contributed by atoms with Crippen LogP contribution in [-0.2, 0) is 4.74 Å². The van der Waals surface area contributed by atoms with Crippen LogP contribution in [-0.4, -0.2) is 44.8 Å². The van der Waals surface area contributed by atoms with Crippen molar-refractivity contribution in [1.29, 1.82) is 0 Å². The molecule has 3 heteroatoms. The molecule has 0 spiro atoms. The highest BCUT2D eigenvalue weighted by atomic mass is 16.5. The summed E-state index contributed by atoms with van der Waals surface area (Å²) in [7, 11) is 2.05. The van der Waals surface area contributed by atoms with Crippen molar-refractivity contribution < 1.29 is 4.74 Å². The first-order valence-corrected chi connectivity index (χ1v) is 5.12. The molecule has 1 aliphatic rings. The van der Waals surface area contributed by atoms with E-state index in [1.54, 1.807) is 0 Å². The summed E-state index contributed by atoms with van der Waals surface area (Å²) in [5, 5.41) is 0. The molecule has 0 radical (unpaired) electrons. The predicted octanol–water partition coefficient (Wildman–Crippen LogP) is 0.307. The Hall–Kier alpha value is -0.560. The number of hydrogen-bond donors (Lipinski definition) is 1. The topological polar surface area (TPSA) is 38.5 Å². The van der Waals surface area contributed by atoms with Crippen molar-refractivity contribution in [3.63, 3.8) is 0 Å². The summed E-state index contributed by atoms with van der Waals surface area (Å²) >= 11 is 0. The van der Waals surface area contributed by atoms with Gasteiger partial charge in [0, 0.05) is 19.8 Å². The third-order valence-electron chi connectivity index (χ3n) is 2.95. The summed E-state index contributed by atoms with van der Waals surface area (Å²) in [5.74, 6) is 2.65. The molecule has 1 aliphatic heterocycles.